The SMILES string of the molecule is O=C(O)c1nc2c(C(F)(F)F)cc(C3=CCCC3)cn2c1Cl. The van der Waals surface area contributed by atoms with E-state index in [0.29, 0.717) is 12.0 Å². The van der Waals surface area contributed by atoms with E-state index in [2.05, 4.69) is 4.98 Å². The van der Waals surface area contributed by atoms with Gasteiger partial charge in [0, 0.05) is 6.20 Å². The molecule has 0 amide bonds. The molecule has 1 N–H and O–H groups in total. The Morgan fingerprint density at radius 1 is 1.41 bits per heavy atom. The van der Waals surface area contributed by atoms with E-state index in [4.69, 9.17) is 16.7 Å². The molecule has 0 radical (unpaired) electrons. The van der Waals surface area contributed by atoms with E-state index in [0.717, 1.165) is 28.9 Å². The Morgan fingerprint density at radius 2 is 2.14 bits per heavy atom. The number of pyridine rings is 1. The fraction of sp³-hybridized carbons (Fsp3) is 0.286. The van der Waals surface area contributed by atoms with Gasteiger partial charge in [-0.2, -0.15) is 13.2 Å². The summed E-state index contributed by atoms with van der Waals surface area (Å²) >= 11 is 5.89. The molecule has 0 aromatic carbocycles. The number of hydrogen-bond donors (Lipinski definition) is 1. The van der Waals surface area contributed by atoms with Crippen LogP contribution in [0.3, 0.4) is 0 Å². The monoisotopic (exact) mass is 330 g/mol. The third kappa shape index (κ3) is 2.35. The first kappa shape index (κ1) is 14.9. The maximum atomic E-state index is 13.3. The van der Waals surface area contributed by atoms with Crippen molar-refractivity contribution in [1.82, 2.24) is 9.38 Å². The second-order valence-corrected chi connectivity index (χ2v) is 5.37. The fourth-order valence-electron chi connectivity index (χ4n) is 2.57. The summed E-state index contributed by atoms with van der Waals surface area (Å²) in [6.45, 7) is 0. The van der Waals surface area contributed by atoms with Gasteiger partial charge in [-0.25, -0.2) is 9.78 Å². The summed E-state index contributed by atoms with van der Waals surface area (Å²) in [6.07, 6.45) is 1.01. The largest absolute Gasteiger partial charge is 0.476 e. The first-order valence-electron chi connectivity index (χ1n) is 6.50. The zero-order valence-corrected chi connectivity index (χ0v) is 11.9. The van der Waals surface area contributed by atoms with Crippen molar-refractivity contribution in [3.8, 4) is 0 Å². The first-order valence-corrected chi connectivity index (χ1v) is 6.88. The molecule has 0 saturated heterocycles. The van der Waals surface area contributed by atoms with Gasteiger partial charge in [0.05, 0.1) is 5.56 Å². The van der Waals surface area contributed by atoms with Crippen molar-refractivity contribution in [2.75, 3.05) is 0 Å². The summed E-state index contributed by atoms with van der Waals surface area (Å²) in [5, 5.41) is 8.65. The van der Waals surface area contributed by atoms with Crippen LogP contribution in [0.25, 0.3) is 11.2 Å². The number of aromatic nitrogens is 2. The molecule has 0 bridgehead atoms. The number of fused-ring (bicyclic) bond motifs is 1. The predicted octanol–water partition coefficient (Wildman–Crippen LogP) is 4.27. The summed E-state index contributed by atoms with van der Waals surface area (Å²) in [5.74, 6) is -1.47. The Bertz CT molecular complexity index is 809. The topological polar surface area (TPSA) is 54.6 Å². The lowest BCUT2D eigenvalue weighted by molar-refractivity contribution is -0.136. The second-order valence-electron chi connectivity index (χ2n) is 5.01. The Balaban J connectivity index is 2.33. The number of carbonyl (C=O) groups is 1. The van der Waals surface area contributed by atoms with Gasteiger partial charge in [-0.15, -0.1) is 0 Å². The van der Waals surface area contributed by atoms with Gasteiger partial charge in [0.15, 0.2) is 11.3 Å². The molecule has 1 aliphatic carbocycles. The fourth-order valence-corrected chi connectivity index (χ4v) is 2.82. The molecule has 0 saturated carbocycles. The second kappa shape index (κ2) is 5.01. The Kier molecular flexibility index (Phi) is 3.40. The molecule has 22 heavy (non-hydrogen) atoms. The molecule has 116 valence electrons. The van der Waals surface area contributed by atoms with Crippen molar-refractivity contribution in [2.45, 2.75) is 25.4 Å². The average molecular weight is 331 g/mol. The molecule has 4 nitrogen and oxygen atoms in total. The molecular formula is C14H10ClF3N2O2. The maximum absolute atomic E-state index is 13.3. The number of nitrogens with zero attached hydrogens (tertiary/aromatic N) is 2. The van der Waals surface area contributed by atoms with E-state index in [-0.39, 0.29) is 5.15 Å². The number of aromatic carboxylic acids is 1. The summed E-state index contributed by atoms with van der Waals surface area (Å²) in [5.41, 5.74) is -0.906. The molecule has 8 heteroatoms. The van der Waals surface area contributed by atoms with Gasteiger partial charge >= 0.3 is 12.1 Å². The smallest absolute Gasteiger partial charge is 0.420 e. The molecule has 0 unspecified atom stereocenters. The molecule has 0 aliphatic heterocycles. The average Bonchev–Trinajstić information content (AvgIpc) is 3.05. The molecule has 0 atom stereocenters. The Hall–Kier alpha value is -2.02. The molecule has 0 spiro atoms. The van der Waals surface area contributed by atoms with E-state index < -0.39 is 29.1 Å². The minimum absolute atomic E-state index is 0.339. The zero-order chi connectivity index (χ0) is 16.1. The predicted molar refractivity (Wildman–Crippen MR) is 74.0 cm³/mol. The summed E-state index contributed by atoms with van der Waals surface area (Å²) in [6, 6.07) is 1.00. The quantitative estimate of drug-likeness (QED) is 0.894. The van der Waals surface area contributed by atoms with Gasteiger partial charge in [-0.3, -0.25) is 4.40 Å². The van der Waals surface area contributed by atoms with Gasteiger partial charge in [0.1, 0.15) is 5.15 Å². The van der Waals surface area contributed by atoms with Gasteiger partial charge in [0.2, 0.25) is 0 Å². The highest BCUT2D eigenvalue weighted by molar-refractivity contribution is 6.32. The van der Waals surface area contributed by atoms with Crippen LogP contribution >= 0.6 is 11.6 Å². The number of carboxylic acid groups (broad SMARTS) is 1. The summed E-state index contributed by atoms with van der Waals surface area (Å²) in [7, 11) is 0. The van der Waals surface area contributed by atoms with Crippen molar-refractivity contribution in [3.63, 3.8) is 0 Å². The number of imidazole rings is 1. The highest BCUT2D eigenvalue weighted by atomic mass is 35.5. The highest BCUT2D eigenvalue weighted by Gasteiger charge is 2.36. The van der Waals surface area contributed by atoms with Crippen LogP contribution in [-0.4, -0.2) is 20.5 Å². The molecule has 2 aromatic heterocycles. The first-order chi connectivity index (χ1) is 10.3. The van der Waals surface area contributed by atoms with Crippen LogP contribution in [0.1, 0.15) is 40.9 Å². The van der Waals surface area contributed by atoms with E-state index >= 15 is 0 Å². The van der Waals surface area contributed by atoms with E-state index in [1.165, 1.54) is 6.20 Å². The van der Waals surface area contributed by atoms with Crippen molar-refractivity contribution >= 4 is 28.8 Å². The Labute approximate surface area is 127 Å². The van der Waals surface area contributed by atoms with Gasteiger partial charge in [0.25, 0.3) is 0 Å². The normalized spacial score (nSPS) is 15.4. The van der Waals surface area contributed by atoms with Crippen molar-refractivity contribution < 1.29 is 23.1 Å². The van der Waals surface area contributed by atoms with Crippen LogP contribution in [0.15, 0.2) is 18.3 Å². The number of hydrogen-bond acceptors (Lipinski definition) is 2. The van der Waals surface area contributed by atoms with Crippen molar-refractivity contribution in [3.05, 3.63) is 40.3 Å². The number of halogens is 4. The number of allylic oxidation sites excluding steroid dienone is 2. The van der Waals surface area contributed by atoms with Gasteiger partial charge < -0.3 is 5.11 Å². The minimum Gasteiger partial charge on any atom is -0.476 e. The van der Waals surface area contributed by atoms with Crippen LogP contribution in [0.5, 0.6) is 0 Å². The standard InChI is InChI=1S/C14H10ClF3N2O2/c15-11-10(13(21)22)19-12-9(14(16,17)18)5-8(6-20(11)12)7-3-1-2-4-7/h3,5-6H,1-2,4H2,(H,21,22). The third-order valence-corrected chi connectivity index (χ3v) is 3.94. The summed E-state index contributed by atoms with van der Waals surface area (Å²) < 4.78 is 40.8. The van der Waals surface area contributed by atoms with Crippen LogP contribution < -0.4 is 0 Å². The number of alkyl halides is 3. The molecular weight excluding hydrogens is 321 g/mol. The van der Waals surface area contributed by atoms with Crippen molar-refractivity contribution in [1.29, 1.82) is 0 Å². The molecule has 1 aliphatic rings. The molecule has 3 rings (SSSR count). The number of carboxylic acids is 1. The van der Waals surface area contributed by atoms with Crippen LogP contribution in [0.4, 0.5) is 13.2 Å². The van der Waals surface area contributed by atoms with Gasteiger partial charge in [-0.1, -0.05) is 17.7 Å². The lowest BCUT2D eigenvalue weighted by atomic mass is 10.1. The lowest BCUT2D eigenvalue weighted by Crippen LogP contribution is -2.09. The third-order valence-electron chi connectivity index (χ3n) is 3.58. The zero-order valence-electron chi connectivity index (χ0n) is 11.1. The van der Waals surface area contributed by atoms with Crippen LogP contribution in [0, 0.1) is 0 Å². The van der Waals surface area contributed by atoms with E-state index in [1.54, 1.807) is 0 Å². The highest BCUT2D eigenvalue weighted by Crippen LogP contribution is 2.37. The minimum atomic E-state index is -4.65. The van der Waals surface area contributed by atoms with Crippen LogP contribution in [0.2, 0.25) is 5.15 Å². The Morgan fingerprint density at radius 3 is 2.68 bits per heavy atom. The van der Waals surface area contributed by atoms with E-state index in [9.17, 15) is 18.0 Å². The van der Waals surface area contributed by atoms with E-state index in [1.807, 2.05) is 6.08 Å². The molecule has 0 fully saturated rings. The van der Waals surface area contributed by atoms with Gasteiger partial charge in [-0.05, 0) is 36.5 Å². The molecule has 2 aromatic rings. The van der Waals surface area contributed by atoms with Crippen LogP contribution in [-0.2, 0) is 6.18 Å². The van der Waals surface area contributed by atoms with Crippen molar-refractivity contribution in [2.24, 2.45) is 0 Å². The summed E-state index contributed by atoms with van der Waals surface area (Å²) in [4.78, 5) is 14.6. The molecule has 2 heterocycles. The number of rotatable bonds is 2. The lowest BCUT2D eigenvalue weighted by Gasteiger charge is -2.12. The maximum Gasteiger partial charge on any atom is 0.420 e.